The first-order chi connectivity index (χ1) is 14.5. The van der Waals surface area contributed by atoms with Gasteiger partial charge >= 0.3 is 6.03 Å². The number of nitrogens with zero attached hydrogens (tertiary/aromatic N) is 2. The highest BCUT2D eigenvalue weighted by atomic mass is 35.5. The Labute approximate surface area is 182 Å². The van der Waals surface area contributed by atoms with Gasteiger partial charge in [0.25, 0.3) is 0 Å². The highest BCUT2D eigenvalue weighted by Gasteiger charge is 2.22. The van der Waals surface area contributed by atoms with Gasteiger partial charge in [-0.25, -0.2) is 14.7 Å². The van der Waals surface area contributed by atoms with Crippen LogP contribution in [0.15, 0.2) is 60.8 Å². The predicted molar refractivity (Wildman–Crippen MR) is 123 cm³/mol. The molecule has 3 N–H and O–H groups in total. The van der Waals surface area contributed by atoms with Crippen molar-refractivity contribution < 1.29 is 14.7 Å². The zero-order valence-corrected chi connectivity index (χ0v) is 18.2. The van der Waals surface area contributed by atoms with E-state index in [1.807, 2.05) is 24.3 Å². The van der Waals surface area contributed by atoms with Crippen molar-refractivity contribution in [2.75, 3.05) is 24.0 Å². The number of methoxy groups -OCH3 is 1. The molecule has 3 aromatic rings. The van der Waals surface area contributed by atoms with E-state index in [1.54, 1.807) is 43.6 Å². The lowest BCUT2D eigenvalue weighted by atomic mass is 10.1. The van der Waals surface area contributed by atoms with E-state index in [0.29, 0.717) is 35.1 Å². The Morgan fingerprint density at radius 1 is 1.23 bits per heavy atom. The van der Waals surface area contributed by atoms with Crippen molar-refractivity contribution in [3.05, 3.63) is 71.4 Å². The summed E-state index contributed by atoms with van der Waals surface area (Å²) in [6, 6.07) is 15.7. The Morgan fingerprint density at radius 2 is 2.00 bits per heavy atom. The second-order valence-corrected chi connectivity index (χ2v) is 7.41. The molecule has 9 heteroatoms. The summed E-state index contributed by atoms with van der Waals surface area (Å²) in [5.41, 5.74) is 4.02. The van der Waals surface area contributed by atoms with Crippen LogP contribution in [0.1, 0.15) is 5.56 Å². The first-order valence-electron chi connectivity index (χ1n) is 9.14. The summed E-state index contributed by atoms with van der Waals surface area (Å²) in [7, 11) is 4.16. The van der Waals surface area contributed by atoms with Crippen LogP contribution in [0.25, 0.3) is 0 Å². The number of urea groups is 1. The third-order valence-corrected chi connectivity index (χ3v) is 5.10. The maximum Gasteiger partial charge on any atom is 0.327 e. The molecule has 0 saturated carbocycles. The molecule has 7 nitrogen and oxygen atoms in total. The number of pyridine rings is 1. The van der Waals surface area contributed by atoms with E-state index in [-0.39, 0.29) is 11.8 Å². The van der Waals surface area contributed by atoms with Crippen LogP contribution in [-0.4, -0.2) is 29.9 Å². The minimum atomic E-state index is -0.381. The average Bonchev–Trinajstić information content (AvgIpc) is 2.76. The van der Waals surface area contributed by atoms with E-state index >= 15 is 0 Å². The molecule has 1 aromatic heterocycles. The summed E-state index contributed by atoms with van der Waals surface area (Å²) in [6.07, 6.45) is 2.19. The standard InChI is InChI=1S/C21H22ClN4O3P/c1-29-18-9-8-16(13-19(18)30)26(20-17(25-28)3-2-11-23-20)21(27)24-12-10-14-4-6-15(22)7-5-14/h2-9,11,13,25,28H,10,12,30H2,1H3,(H,24,27). The van der Waals surface area contributed by atoms with Crippen LogP contribution in [0.4, 0.5) is 22.0 Å². The van der Waals surface area contributed by atoms with Gasteiger partial charge in [0.05, 0.1) is 12.8 Å². The van der Waals surface area contributed by atoms with Gasteiger partial charge in [-0.3, -0.25) is 10.7 Å². The van der Waals surface area contributed by atoms with Crippen LogP contribution >= 0.6 is 20.8 Å². The Hall–Kier alpha value is -2.86. The zero-order valence-electron chi connectivity index (χ0n) is 16.3. The summed E-state index contributed by atoms with van der Waals surface area (Å²) in [6.45, 7) is 0.412. The topological polar surface area (TPSA) is 86.7 Å². The van der Waals surface area contributed by atoms with Gasteiger partial charge < -0.3 is 10.1 Å². The molecule has 30 heavy (non-hydrogen) atoms. The van der Waals surface area contributed by atoms with Crippen LogP contribution in [0.2, 0.25) is 5.02 Å². The van der Waals surface area contributed by atoms with Crippen molar-refractivity contribution in [1.29, 1.82) is 0 Å². The molecule has 0 fully saturated rings. The Bertz CT molecular complexity index is 1020. The normalized spacial score (nSPS) is 10.4. The van der Waals surface area contributed by atoms with Gasteiger partial charge in [0.15, 0.2) is 5.82 Å². The molecule has 0 bridgehead atoms. The lowest BCUT2D eigenvalue weighted by Gasteiger charge is -2.24. The van der Waals surface area contributed by atoms with E-state index in [1.165, 1.54) is 4.90 Å². The quantitative estimate of drug-likeness (QED) is 0.376. The molecular weight excluding hydrogens is 423 g/mol. The zero-order chi connectivity index (χ0) is 21.5. The highest BCUT2D eigenvalue weighted by molar-refractivity contribution is 7.27. The fraction of sp³-hybridized carbons (Fsp3) is 0.143. The third-order valence-electron chi connectivity index (χ3n) is 4.40. The van der Waals surface area contributed by atoms with Crippen molar-refractivity contribution in [2.45, 2.75) is 6.42 Å². The Kier molecular flexibility index (Phi) is 7.46. The molecule has 156 valence electrons. The molecular formula is C21H22ClN4O3P. The fourth-order valence-electron chi connectivity index (χ4n) is 2.90. The molecule has 0 saturated heterocycles. The number of ether oxygens (including phenoxy) is 1. The van der Waals surface area contributed by atoms with E-state index in [0.717, 1.165) is 10.9 Å². The molecule has 0 radical (unpaired) electrons. The van der Waals surface area contributed by atoms with Crippen LogP contribution in [0.5, 0.6) is 5.75 Å². The Morgan fingerprint density at radius 3 is 2.67 bits per heavy atom. The van der Waals surface area contributed by atoms with Gasteiger partial charge in [0.2, 0.25) is 0 Å². The number of nitrogens with one attached hydrogen (secondary N) is 2. The minimum absolute atomic E-state index is 0.263. The van der Waals surface area contributed by atoms with Gasteiger partial charge in [-0.1, -0.05) is 23.7 Å². The van der Waals surface area contributed by atoms with E-state index in [2.05, 4.69) is 25.0 Å². The first-order valence-corrected chi connectivity index (χ1v) is 10.1. The lowest BCUT2D eigenvalue weighted by molar-refractivity contribution is 0.248. The summed E-state index contributed by atoms with van der Waals surface area (Å²) >= 11 is 5.92. The van der Waals surface area contributed by atoms with Gasteiger partial charge in [0, 0.05) is 23.1 Å². The van der Waals surface area contributed by atoms with Crippen molar-refractivity contribution in [2.24, 2.45) is 0 Å². The largest absolute Gasteiger partial charge is 0.496 e. The lowest BCUT2D eigenvalue weighted by Crippen LogP contribution is -2.39. The molecule has 2 aromatic carbocycles. The summed E-state index contributed by atoms with van der Waals surface area (Å²) < 4.78 is 5.30. The third kappa shape index (κ3) is 5.19. The molecule has 0 aliphatic carbocycles. The van der Waals surface area contributed by atoms with E-state index < -0.39 is 0 Å². The van der Waals surface area contributed by atoms with Gasteiger partial charge in [-0.15, -0.1) is 9.24 Å². The summed E-state index contributed by atoms with van der Waals surface area (Å²) in [5, 5.41) is 13.9. The maximum absolute atomic E-state index is 13.1. The molecule has 1 unspecified atom stereocenters. The van der Waals surface area contributed by atoms with Gasteiger partial charge in [0.1, 0.15) is 11.4 Å². The summed E-state index contributed by atoms with van der Waals surface area (Å²) in [5.74, 6) is 0.937. The van der Waals surface area contributed by atoms with Crippen LogP contribution in [0, 0.1) is 0 Å². The van der Waals surface area contributed by atoms with Gasteiger partial charge in [-0.05, 0) is 54.4 Å². The molecule has 1 atom stereocenters. The van der Waals surface area contributed by atoms with E-state index in [9.17, 15) is 10.0 Å². The number of carbonyl (C=O) groups excluding carboxylic acids is 1. The number of carbonyl (C=O) groups is 1. The minimum Gasteiger partial charge on any atom is -0.496 e. The Balaban J connectivity index is 1.86. The molecule has 0 aliphatic rings. The van der Waals surface area contributed by atoms with Crippen LogP contribution < -0.4 is 25.7 Å². The number of anilines is 3. The predicted octanol–water partition coefficient (Wildman–Crippen LogP) is 4.14. The number of hydrogen-bond acceptors (Lipinski definition) is 5. The second kappa shape index (κ2) is 10.3. The van der Waals surface area contributed by atoms with Gasteiger partial charge in [-0.2, -0.15) is 0 Å². The molecule has 0 spiro atoms. The fourth-order valence-corrected chi connectivity index (χ4v) is 3.41. The number of hydrogen-bond donors (Lipinski definition) is 3. The number of amides is 2. The number of benzene rings is 2. The average molecular weight is 445 g/mol. The molecule has 0 aliphatic heterocycles. The SMILES string of the molecule is COc1ccc(N(C(=O)NCCc2ccc(Cl)cc2)c2ncccc2NO)cc1P. The van der Waals surface area contributed by atoms with Crippen molar-refractivity contribution >= 4 is 49.4 Å². The summed E-state index contributed by atoms with van der Waals surface area (Å²) in [4.78, 5) is 18.8. The second-order valence-electron chi connectivity index (χ2n) is 6.36. The molecule has 1 heterocycles. The smallest absolute Gasteiger partial charge is 0.327 e. The molecule has 2 amide bonds. The molecule has 3 rings (SSSR count). The van der Waals surface area contributed by atoms with Crippen molar-refractivity contribution in [3.63, 3.8) is 0 Å². The van der Waals surface area contributed by atoms with Crippen LogP contribution in [-0.2, 0) is 6.42 Å². The van der Waals surface area contributed by atoms with Crippen LogP contribution in [0.3, 0.4) is 0 Å². The highest BCUT2D eigenvalue weighted by Crippen LogP contribution is 2.31. The van der Waals surface area contributed by atoms with Crippen molar-refractivity contribution in [3.8, 4) is 5.75 Å². The van der Waals surface area contributed by atoms with Crippen molar-refractivity contribution in [1.82, 2.24) is 10.3 Å². The number of rotatable bonds is 7. The monoisotopic (exact) mass is 444 g/mol. The first kappa shape index (κ1) is 21.8. The number of halogens is 1. The van der Waals surface area contributed by atoms with E-state index in [4.69, 9.17) is 16.3 Å². The number of aromatic nitrogens is 1. The maximum atomic E-state index is 13.1.